The Morgan fingerprint density at radius 1 is 1.03 bits per heavy atom. The molecule has 36 heavy (non-hydrogen) atoms. The van der Waals surface area contributed by atoms with Crippen molar-refractivity contribution in [2.24, 2.45) is 0 Å². The number of aryl methyl sites for hydroxylation is 1. The summed E-state index contributed by atoms with van der Waals surface area (Å²) in [7, 11) is 3.07. The van der Waals surface area contributed by atoms with Gasteiger partial charge in [-0.25, -0.2) is 4.98 Å². The lowest BCUT2D eigenvalue weighted by molar-refractivity contribution is -0.133. The summed E-state index contributed by atoms with van der Waals surface area (Å²) < 4.78 is 23.9. The fraction of sp³-hybridized carbons (Fsp3) is 0.444. The van der Waals surface area contributed by atoms with E-state index in [1.165, 1.54) is 18.0 Å². The molecule has 9 nitrogen and oxygen atoms in total. The van der Waals surface area contributed by atoms with Crippen LogP contribution in [0.25, 0.3) is 10.9 Å². The van der Waals surface area contributed by atoms with Crippen LogP contribution in [0.15, 0.2) is 47.5 Å². The van der Waals surface area contributed by atoms with E-state index in [-0.39, 0.29) is 17.6 Å². The number of para-hydroxylation sites is 2. The number of piperidine rings is 1. The van der Waals surface area contributed by atoms with Gasteiger partial charge in [0.05, 0.1) is 38.1 Å². The highest BCUT2D eigenvalue weighted by atomic mass is 16.5. The van der Waals surface area contributed by atoms with Crippen LogP contribution in [0.5, 0.6) is 23.0 Å². The number of likely N-dealkylation sites (tertiary alicyclic amines) is 1. The van der Waals surface area contributed by atoms with Gasteiger partial charge in [0.2, 0.25) is 5.91 Å². The van der Waals surface area contributed by atoms with Crippen LogP contribution in [-0.2, 0) is 11.3 Å². The number of benzene rings is 2. The number of ether oxygens (including phenoxy) is 4. The SMILES string of the molecule is CCOc1ccccc1OC1CCN(C(=O)CCCn2cnc3cc(OC)c(OC)cc3c2=O)CC1. The van der Waals surface area contributed by atoms with Crippen molar-refractivity contribution in [2.45, 2.75) is 45.3 Å². The van der Waals surface area contributed by atoms with Crippen molar-refractivity contribution in [2.75, 3.05) is 33.9 Å². The molecule has 1 fully saturated rings. The lowest BCUT2D eigenvalue weighted by Crippen LogP contribution is -2.41. The van der Waals surface area contributed by atoms with Gasteiger partial charge in [-0.1, -0.05) is 12.1 Å². The first kappa shape index (κ1) is 25.3. The second-order valence-electron chi connectivity index (χ2n) is 8.65. The van der Waals surface area contributed by atoms with Gasteiger partial charge in [-0.05, 0) is 31.5 Å². The maximum absolute atomic E-state index is 12.9. The van der Waals surface area contributed by atoms with Crippen LogP contribution in [0.2, 0.25) is 0 Å². The first-order valence-corrected chi connectivity index (χ1v) is 12.3. The zero-order valence-electron chi connectivity index (χ0n) is 21.1. The highest BCUT2D eigenvalue weighted by molar-refractivity contribution is 5.81. The molecule has 0 aliphatic carbocycles. The summed E-state index contributed by atoms with van der Waals surface area (Å²) in [5.41, 5.74) is 0.373. The van der Waals surface area contributed by atoms with E-state index in [1.807, 2.05) is 36.1 Å². The molecule has 0 atom stereocenters. The van der Waals surface area contributed by atoms with E-state index >= 15 is 0 Å². The van der Waals surface area contributed by atoms with E-state index in [9.17, 15) is 9.59 Å². The maximum atomic E-state index is 12.9. The van der Waals surface area contributed by atoms with Crippen LogP contribution in [-0.4, -0.2) is 60.4 Å². The van der Waals surface area contributed by atoms with Gasteiger partial charge in [0, 0.05) is 45.0 Å². The highest BCUT2D eigenvalue weighted by Crippen LogP contribution is 2.30. The van der Waals surface area contributed by atoms with Crippen LogP contribution in [0.4, 0.5) is 0 Å². The van der Waals surface area contributed by atoms with Gasteiger partial charge in [-0.15, -0.1) is 0 Å². The van der Waals surface area contributed by atoms with Crippen LogP contribution >= 0.6 is 0 Å². The molecule has 2 aromatic carbocycles. The number of rotatable bonds is 10. The van der Waals surface area contributed by atoms with Crippen molar-refractivity contribution in [3.63, 3.8) is 0 Å². The minimum atomic E-state index is -0.168. The summed E-state index contributed by atoms with van der Waals surface area (Å²) in [5.74, 6) is 2.58. The van der Waals surface area contributed by atoms with Crippen molar-refractivity contribution in [1.29, 1.82) is 0 Å². The summed E-state index contributed by atoms with van der Waals surface area (Å²) in [6, 6.07) is 11.0. The molecule has 1 saturated heterocycles. The normalized spacial score (nSPS) is 14.0. The minimum Gasteiger partial charge on any atom is -0.493 e. The zero-order valence-corrected chi connectivity index (χ0v) is 21.1. The topological polar surface area (TPSA) is 92.1 Å². The van der Waals surface area contributed by atoms with E-state index in [4.69, 9.17) is 18.9 Å². The van der Waals surface area contributed by atoms with E-state index in [2.05, 4.69) is 4.98 Å². The Labute approximate surface area is 210 Å². The Morgan fingerprint density at radius 2 is 1.72 bits per heavy atom. The molecule has 1 aliphatic heterocycles. The van der Waals surface area contributed by atoms with E-state index in [0.29, 0.717) is 61.5 Å². The third kappa shape index (κ3) is 5.72. The van der Waals surface area contributed by atoms with Gasteiger partial charge in [-0.2, -0.15) is 0 Å². The Balaban J connectivity index is 1.29. The Morgan fingerprint density at radius 3 is 2.42 bits per heavy atom. The summed E-state index contributed by atoms with van der Waals surface area (Å²) >= 11 is 0. The highest BCUT2D eigenvalue weighted by Gasteiger charge is 2.24. The smallest absolute Gasteiger partial charge is 0.261 e. The van der Waals surface area contributed by atoms with Crippen LogP contribution in [0, 0.1) is 0 Å². The molecule has 0 bridgehead atoms. The van der Waals surface area contributed by atoms with E-state index < -0.39 is 0 Å². The molecule has 9 heteroatoms. The number of hydrogen-bond acceptors (Lipinski definition) is 7. The second-order valence-corrected chi connectivity index (χ2v) is 8.65. The molecule has 0 unspecified atom stereocenters. The second kappa shape index (κ2) is 11.8. The summed E-state index contributed by atoms with van der Waals surface area (Å²) in [6.07, 6.45) is 4.03. The fourth-order valence-corrected chi connectivity index (χ4v) is 4.43. The number of aromatic nitrogens is 2. The molecule has 0 saturated carbocycles. The van der Waals surface area contributed by atoms with Crippen molar-refractivity contribution in [3.8, 4) is 23.0 Å². The monoisotopic (exact) mass is 495 g/mol. The quantitative estimate of drug-likeness (QED) is 0.424. The van der Waals surface area contributed by atoms with Crippen molar-refractivity contribution >= 4 is 16.8 Å². The molecule has 0 N–H and O–H groups in total. The first-order chi connectivity index (χ1) is 17.5. The standard InChI is InChI=1S/C27H33N3O6/c1-4-35-22-8-5-6-9-23(22)36-19-11-14-29(15-12-19)26(31)10-7-13-30-18-28-21-17-25(34-3)24(33-2)16-20(21)27(30)32/h5-6,8-9,16-19H,4,7,10-15H2,1-3H3. The number of amides is 1. The zero-order chi connectivity index (χ0) is 25.5. The van der Waals surface area contributed by atoms with Crippen molar-refractivity contribution in [1.82, 2.24) is 14.5 Å². The van der Waals surface area contributed by atoms with Gasteiger partial charge >= 0.3 is 0 Å². The number of carbonyl (C=O) groups excluding carboxylic acids is 1. The average Bonchev–Trinajstić information content (AvgIpc) is 2.91. The summed E-state index contributed by atoms with van der Waals surface area (Å²) in [4.78, 5) is 32.0. The molecule has 192 valence electrons. The molecule has 1 aliphatic rings. The molecule has 0 spiro atoms. The Hall–Kier alpha value is -3.75. The number of carbonyl (C=O) groups is 1. The van der Waals surface area contributed by atoms with E-state index in [1.54, 1.807) is 19.2 Å². The lowest BCUT2D eigenvalue weighted by Gasteiger charge is -2.32. The van der Waals surface area contributed by atoms with Gasteiger partial charge in [0.25, 0.3) is 5.56 Å². The molecular weight excluding hydrogens is 462 g/mol. The van der Waals surface area contributed by atoms with Gasteiger partial charge < -0.3 is 23.8 Å². The Kier molecular flexibility index (Phi) is 8.30. The third-order valence-corrected chi connectivity index (χ3v) is 6.36. The molecule has 0 radical (unpaired) electrons. The molecule has 3 aromatic rings. The number of methoxy groups -OCH3 is 2. The molecule has 4 rings (SSSR count). The predicted octanol–water partition coefficient (Wildman–Crippen LogP) is 3.66. The Bertz CT molecular complexity index is 1250. The van der Waals surface area contributed by atoms with Crippen LogP contribution < -0.4 is 24.5 Å². The largest absolute Gasteiger partial charge is 0.493 e. The number of hydrogen-bond donors (Lipinski definition) is 0. The first-order valence-electron chi connectivity index (χ1n) is 12.3. The minimum absolute atomic E-state index is 0.0496. The summed E-state index contributed by atoms with van der Waals surface area (Å²) in [5, 5.41) is 0.453. The average molecular weight is 496 g/mol. The molecule has 1 aromatic heterocycles. The van der Waals surface area contributed by atoms with Gasteiger partial charge in [0.15, 0.2) is 23.0 Å². The molecule has 2 heterocycles. The molecular formula is C27H33N3O6. The summed E-state index contributed by atoms with van der Waals surface area (Å²) in [6.45, 7) is 4.24. The fourth-order valence-electron chi connectivity index (χ4n) is 4.43. The maximum Gasteiger partial charge on any atom is 0.261 e. The van der Waals surface area contributed by atoms with Gasteiger partial charge in [0.1, 0.15) is 6.10 Å². The number of fused-ring (bicyclic) bond motifs is 1. The predicted molar refractivity (Wildman–Crippen MR) is 136 cm³/mol. The number of nitrogens with zero attached hydrogens (tertiary/aromatic N) is 3. The van der Waals surface area contributed by atoms with Gasteiger partial charge in [-0.3, -0.25) is 14.2 Å². The molecule has 1 amide bonds. The van der Waals surface area contributed by atoms with Crippen LogP contribution in [0.1, 0.15) is 32.6 Å². The van der Waals surface area contributed by atoms with Crippen LogP contribution in [0.3, 0.4) is 0 Å². The van der Waals surface area contributed by atoms with Crippen molar-refractivity contribution < 1.29 is 23.7 Å². The van der Waals surface area contributed by atoms with E-state index in [0.717, 1.165) is 24.3 Å². The third-order valence-electron chi connectivity index (χ3n) is 6.36. The van der Waals surface area contributed by atoms with Crippen molar-refractivity contribution in [3.05, 3.63) is 53.1 Å². The lowest BCUT2D eigenvalue weighted by atomic mass is 10.1.